The summed E-state index contributed by atoms with van der Waals surface area (Å²) in [6.45, 7) is 6.11. The summed E-state index contributed by atoms with van der Waals surface area (Å²) in [4.78, 5) is 13.3. The number of nitrogens with one attached hydrogen (secondary N) is 1. The molecule has 0 aliphatic carbocycles. The zero-order chi connectivity index (χ0) is 13.2. The van der Waals surface area contributed by atoms with E-state index < -0.39 is 0 Å². The molecule has 0 aliphatic rings. The molecule has 0 spiro atoms. The number of aryl methyl sites for hydroxylation is 1. The van der Waals surface area contributed by atoms with Gasteiger partial charge in [0, 0.05) is 23.7 Å². The van der Waals surface area contributed by atoms with Crippen LogP contribution in [0.2, 0.25) is 0 Å². The Morgan fingerprint density at radius 3 is 2.61 bits per heavy atom. The number of pyridine rings is 1. The van der Waals surface area contributed by atoms with Gasteiger partial charge in [-0.1, -0.05) is 0 Å². The molecule has 18 heavy (non-hydrogen) atoms. The van der Waals surface area contributed by atoms with Crippen molar-refractivity contribution in [3.63, 3.8) is 0 Å². The van der Waals surface area contributed by atoms with Crippen LogP contribution in [0, 0.1) is 6.92 Å². The normalized spacial score (nSPS) is 11.6. The zero-order valence-corrected chi connectivity index (χ0v) is 11.2. The third-order valence-corrected chi connectivity index (χ3v) is 3.00. The third kappa shape index (κ3) is 2.54. The maximum absolute atomic E-state index is 4.63. The molecule has 4 heteroatoms. The largest absolute Gasteiger partial charge is 0.308 e. The summed E-state index contributed by atoms with van der Waals surface area (Å²) in [5, 5.41) is 3.22. The van der Waals surface area contributed by atoms with E-state index in [0.717, 1.165) is 22.8 Å². The molecule has 0 unspecified atom stereocenters. The fourth-order valence-electron chi connectivity index (χ4n) is 1.62. The molecule has 0 amide bonds. The molecular weight excluding hydrogens is 224 g/mol. The Bertz CT molecular complexity index is 535. The summed E-state index contributed by atoms with van der Waals surface area (Å²) >= 11 is 0. The van der Waals surface area contributed by atoms with Crippen LogP contribution in [0.3, 0.4) is 0 Å². The van der Waals surface area contributed by atoms with E-state index in [2.05, 4.69) is 34.1 Å². The van der Waals surface area contributed by atoms with Gasteiger partial charge in [0.15, 0.2) is 0 Å². The quantitative estimate of drug-likeness (QED) is 0.897. The highest BCUT2D eigenvalue weighted by Crippen LogP contribution is 2.21. The Morgan fingerprint density at radius 1 is 1.22 bits per heavy atom. The molecule has 0 saturated heterocycles. The molecule has 0 saturated carbocycles. The summed E-state index contributed by atoms with van der Waals surface area (Å²) in [6.07, 6.45) is 3.58. The zero-order valence-electron chi connectivity index (χ0n) is 11.2. The summed E-state index contributed by atoms with van der Waals surface area (Å²) < 4.78 is 0. The van der Waals surface area contributed by atoms with Crippen molar-refractivity contribution in [1.29, 1.82) is 0 Å². The maximum Gasteiger partial charge on any atom is 0.148 e. The van der Waals surface area contributed by atoms with Gasteiger partial charge in [-0.05, 0) is 46.0 Å². The second kappa shape index (κ2) is 4.82. The van der Waals surface area contributed by atoms with Gasteiger partial charge in [0.25, 0.3) is 0 Å². The lowest BCUT2D eigenvalue weighted by atomic mass is 10.0. The van der Waals surface area contributed by atoms with Crippen molar-refractivity contribution < 1.29 is 0 Å². The van der Waals surface area contributed by atoms with Crippen molar-refractivity contribution in [3.8, 4) is 11.3 Å². The summed E-state index contributed by atoms with van der Waals surface area (Å²) in [6, 6.07) is 5.90. The van der Waals surface area contributed by atoms with Crippen molar-refractivity contribution in [1.82, 2.24) is 20.3 Å². The predicted molar refractivity (Wildman–Crippen MR) is 72.1 cm³/mol. The van der Waals surface area contributed by atoms with Crippen LogP contribution in [-0.4, -0.2) is 22.0 Å². The predicted octanol–water partition coefficient (Wildman–Crippen LogP) is 2.30. The first-order chi connectivity index (χ1) is 8.53. The molecule has 2 heterocycles. The van der Waals surface area contributed by atoms with Gasteiger partial charge in [-0.25, -0.2) is 9.97 Å². The lowest BCUT2D eigenvalue weighted by molar-refractivity contribution is 0.416. The van der Waals surface area contributed by atoms with E-state index in [1.807, 2.05) is 38.4 Å². The first kappa shape index (κ1) is 12.6. The monoisotopic (exact) mass is 242 g/mol. The van der Waals surface area contributed by atoms with E-state index in [-0.39, 0.29) is 5.54 Å². The SMILES string of the molecule is CNC(C)(C)c1nc(C)cc(-c2cccnc2)n1. The fraction of sp³-hybridized carbons (Fsp3) is 0.357. The van der Waals surface area contributed by atoms with Crippen LogP contribution in [0.25, 0.3) is 11.3 Å². The number of rotatable bonds is 3. The molecule has 0 radical (unpaired) electrons. The van der Waals surface area contributed by atoms with Gasteiger partial charge in [-0.3, -0.25) is 4.98 Å². The molecule has 0 bridgehead atoms. The molecule has 4 nitrogen and oxygen atoms in total. The summed E-state index contributed by atoms with van der Waals surface area (Å²) in [5.41, 5.74) is 2.63. The van der Waals surface area contributed by atoms with Crippen molar-refractivity contribution in [2.45, 2.75) is 26.3 Å². The van der Waals surface area contributed by atoms with Crippen LogP contribution in [0.1, 0.15) is 25.4 Å². The van der Waals surface area contributed by atoms with Crippen LogP contribution in [0.15, 0.2) is 30.6 Å². The molecule has 2 rings (SSSR count). The lowest BCUT2D eigenvalue weighted by Crippen LogP contribution is -2.35. The van der Waals surface area contributed by atoms with E-state index in [1.54, 1.807) is 6.20 Å². The van der Waals surface area contributed by atoms with Crippen LogP contribution < -0.4 is 5.32 Å². The van der Waals surface area contributed by atoms with Gasteiger partial charge in [-0.2, -0.15) is 0 Å². The Kier molecular flexibility index (Phi) is 3.39. The summed E-state index contributed by atoms with van der Waals surface area (Å²) in [7, 11) is 1.91. The minimum atomic E-state index is -0.247. The second-order valence-electron chi connectivity index (χ2n) is 4.83. The number of nitrogens with zero attached hydrogens (tertiary/aromatic N) is 3. The van der Waals surface area contributed by atoms with Gasteiger partial charge >= 0.3 is 0 Å². The average Bonchev–Trinajstić information content (AvgIpc) is 2.39. The number of hydrogen-bond acceptors (Lipinski definition) is 4. The molecule has 1 N–H and O–H groups in total. The Balaban J connectivity index is 2.52. The van der Waals surface area contributed by atoms with Gasteiger partial charge in [0.2, 0.25) is 0 Å². The Hall–Kier alpha value is -1.81. The third-order valence-electron chi connectivity index (χ3n) is 3.00. The first-order valence-corrected chi connectivity index (χ1v) is 5.98. The van der Waals surface area contributed by atoms with E-state index in [9.17, 15) is 0 Å². The van der Waals surface area contributed by atoms with E-state index in [0.29, 0.717) is 0 Å². The minimum Gasteiger partial charge on any atom is -0.308 e. The molecule has 2 aromatic heterocycles. The van der Waals surface area contributed by atoms with E-state index >= 15 is 0 Å². The van der Waals surface area contributed by atoms with Gasteiger partial charge in [0.05, 0.1) is 11.2 Å². The van der Waals surface area contributed by atoms with Crippen molar-refractivity contribution in [2.24, 2.45) is 0 Å². The molecule has 0 fully saturated rings. The highest BCUT2D eigenvalue weighted by atomic mass is 15.0. The minimum absolute atomic E-state index is 0.247. The maximum atomic E-state index is 4.63. The Labute approximate surface area is 108 Å². The highest BCUT2D eigenvalue weighted by Gasteiger charge is 2.22. The number of aromatic nitrogens is 3. The number of hydrogen-bond donors (Lipinski definition) is 1. The molecule has 0 atom stereocenters. The van der Waals surface area contributed by atoms with Crippen LogP contribution in [0.5, 0.6) is 0 Å². The van der Waals surface area contributed by atoms with Crippen molar-refractivity contribution >= 4 is 0 Å². The summed E-state index contributed by atoms with van der Waals surface area (Å²) in [5.74, 6) is 0.795. The highest BCUT2D eigenvalue weighted by molar-refractivity contribution is 5.57. The standard InChI is InChI=1S/C14H18N4/c1-10-8-12(11-6-5-7-16-9-11)18-13(17-10)14(2,3)15-4/h5-9,15H,1-4H3. The fourth-order valence-corrected chi connectivity index (χ4v) is 1.62. The molecule has 0 aliphatic heterocycles. The van der Waals surface area contributed by atoms with Crippen molar-refractivity contribution in [3.05, 3.63) is 42.1 Å². The molecule has 2 aromatic rings. The van der Waals surface area contributed by atoms with Crippen molar-refractivity contribution in [2.75, 3.05) is 7.05 Å². The topological polar surface area (TPSA) is 50.7 Å². The first-order valence-electron chi connectivity index (χ1n) is 5.98. The van der Waals surface area contributed by atoms with Crippen LogP contribution >= 0.6 is 0 Å². The van der Waals surface area contributed by atoms with Crippen LogP contribution in [0.4, 0.5) is 0 Å². The lowest BCUT2D eigenvalue weighted by Gasteiger charge is -2.23. The van der Waals surface area contributed by atoms with Gasteiger partial charge in [-0.15, -0.1) is 0 Å². The van der Waals surface area contributed by atoms with E-state index in [4.69, 9.17) is 0 Å². The van der Waals surface area contributed by atoms with Gasteiger partial charge < -0.3 is 5.32 Å². The second-order valence-corrected chi connectivity index (χ2v) is 4.83. The Morgan fingerprint density at radius 2 is 2.00 bits per heavy atom. The average molecular weight is 242 g/mol. The molecule has 0 aromatic carbocycles. The molecule has 94 valence electrons. The van der Waals surface area contributed by atoms with Gasteiger partial charge in [0.1, 0.15) is 5.82 Å². The smallest absolute Gasteiger partial charge is 0.148 e. The molecular formula is C14H18N4. The van der Waals surface area contributed by atoms with Crippen LogP contribution in [-0.2, 0) is 5.54 Å². The van der Waals surface area contributed by atoms with E-state index in [1.165, 1.54) is 0 Å².